The lowest BCUT2D eigenvalue weighted by atomic mass is 10.1. The molecule has 0 N–H and O–H groups in total. The Morgan fingerprint density at radius 3 is 2.73 bits per heavy atom. The molecule has 0 aliphatic heterocycles. The first-order valence-corrected chi connectivity index (χ1v) is 4.92. The van der Waals surface area contributed by atoms with Crippen molar-refractivity contribution in [2.24, 2.45) is 0 Å². The van der Waals surface area contributed by atoms with Crippen LogP contribution in [0.4, 0.5) is 0 Å². The highest BCUT2D eigenvalue weighted by Gasteiger charge is 2.14. The summed E-state index contributed by atoms with van der Waals surface area (Å²) in [7, 11) is 1.54. The summed E-state index contributed by atoms with van der Waals surface area (Å²) in [6.45, 7) is 0. The number of aromatic nitrogens is 1. The van der Waals surface area contributed by atoms with Crippen molar-refractivity contribution in [3.63, 3.8) is 0 Å². The molecule has 0 radical (unpaired) electrons. The fraction of sp³-hybridized carbons (Fsp3) is 0.100. The van der Waals surface area contributed by atoms with Gasteiger partial charge in [0.25, 0.3) is 0 Å². The molecule has 78 valence electrons. The lowest BCUT2D eigenvalue weighted by molar-refractivity contribution is 0.406. The molecule has 0 saturated carbocycles. The maximum absolute atomic E-state index is 5.98. The van der Waals surface area contributed by atoms with Gasteiger partial charge in [-0.15, -0.1) is 0 Å². The number of nitrogens with zero attached hydrogens (tertiary/aromatic N) is 1. The molecule has 3 nitrogen and oxygen atoms in total. The van der Waals surface area contributed by atoms with E-state index in [0.717, 1.165) is 0 Å². The van der Waals surface area contributed by atoms with Crippen LogP contribution in [0.2, 0.25) is 10.0 Å². The molecule has 0 spiro atoms. The van der Waals surface area contributed by atoms with Crippen LogP contribution in [0.5, 0.6) is 5.75 Å². The zero-order valence-electron chi connectivity index (χ0n) is 7.83. The smallest absolute Gasteiger partial charge is 0.170 e. The molecule has 2 aromatic rings. The van der Waals surface area contributed by atoms with E-state index in [0.29, 0.717) is 27.1 Å². The molecular weight excluding hydrogens is 237 g/mol. The van der Waals surface area contributed by atoms with Gasteiger partial charge in [-0.25, -0.2) is 0 Å². The second-order valence-corrected chi connectivity index (χ2v) is 3.69. The van der Waals surface area contributed by atoms with Gasteiger partial charge in [0.05, 0.1) is 23.9 Å². The van der Waals surface area contributed by atoms with Gasteiger partial charge in [0.15, 0.2) is 5.76 Å². The Hall–Kier alpha value is -1.19. The summed E-state index contributed by atoms with van der Waals surface area (Å²) in [6, 6.07) is 5.04. The van der Waals surface area contributed by atoms with Crippen LogP contribution in [0, 0.1) is 0 Å². The molecule has 2 rings (SSSR count). The molecule has 0 saturated heterocycles. The normalized spacial score (nSPS) is 10.3. The van der Waals surface area contributed by atoms with Crippen molar-refractivity contribution < 1.29 is 9.26 Å². The van der Waals surface area contributed by atoms with Crippen LogP contribution in [-0.2, 0) is 0 Å². The molecule has 0 fully saturated rings. The minimum Gasteiger partial charge on any atom is -0.494 e. The van der Waals surface area contributed by atoms with E-state index < -0.39 is 0 Å². The number of benzene rings is 1. The molecule has 0 amide bonds. The molecule has 0 bridgehead atoms. The molecular formula is C10H7Cl2NO2. The Morgan fingerprint density at radius 1 is 1.33 bits per heavy atom. The highest BCUT2D eigenvalue weighted by molar-refractivity contribution is 6.36. The molecule has 15 heavy (non-hydrogen) atoms. The number of ether oxygens (including phenoxy) is 1. The Balaban J connectivity index is 2.64. The quantitative estimate of drug-likeness (QED) is 0.808. The largest absolute Gasteiger partial charge is 0.494 e. The van der Waals surface area contributed by atoms with E-state index >= 15 is 0 Å². The van der Waals surface area contributed by atoms with E-state index in [9.17, 15) is 0 Å². The zero-order chi connectivity index (χ0) is 10.8. The first kappa shape index (κ1) is 10.3. The lowest BCUT2D eigenvalue weighted by Gasteiger charge is -2.08. The second kappa shape index (κ2) is 4.13. The zero-order valence-corrected chi connectivity index (χ0v) is 9.34. The van der Waals surface area contributed by atoms with Crippen LogP contribution in [0.15, 0.2) is 28.9 Å². The van der Waals surface area contributed by atoms with Crippen molar-refractivity contribution in [3.05, 3.63) is 34.4 Å². The van der Waals surface area contributed by atoms with E-state index in [1.807, 2.05) is 0 Å². The maximum atomic E-state index is 5.98. The maximum Gasteiger partial charge on any atom is 0.170 e. The van der Waals surface area contributed by atoms with Crippen LogP contribution in [0.3, 0.4) is 0 Å². The minimum atomic E-state index is 0.441. The summed E-state index contributed by atoms with van der Waals surface area (Å²) in [5.41, 5.74) is 0.688. The third kappa shape index (κ3) is 1.94. The minimum absolute atomic E-state index is 0.441. The number of halogens is 2. The molecule has 5 heteroatoms. The van der Waals surface area contributed by atoms with Gasteiger partial charge in [0, 0.05) is 11.1 Å². The first-order chi connectivity index (χ1) is 7.22. The number of methoxy groups -OCH3 is 1. The predicted molar refractivity (Wildman–Crippen MR) is 58.5 cm³/mol. The van der Waals surface area contributed by atoms with Crippen molar-refractivity contribution in [2.75, 3.05) is 7.11 Å². The van der Waals surface area contributed by atoms with Crippen LogP contribution in [-0.4, -0.2) is 12.3 Å². The van der Waals surface area contributed by atoms with E-state index in [1.54, 1.807) is 24.4 Å². The number of hydrogen-bond donors (Lipinski definition) is 0. The Kier molecular flexibility index (Phi) is 2.84. The molecule has 0 atom stereocenters. The van der Waals surface area contributed by atoms with Crippen molar-refractivity contribution in [3.8, 4) is 17.1 Å². The Bertz CT molecular complexity index is 469. The van der Waals surface area contributed by atoms with Gasteiger partial charge in [-0.05, 0) is 12.1 Å². The highest BCUT2D eigenvalue weighted by Crippen LogP contribution is 2.38. The van der Waals surface area contributed by atoms with Crippen LogP contribution in [0.25, 0.3) is 11.3 Å². The van der Waals surface area contributed by atoms with Crippen LogP contribution < -0.4 is 4.74 Å². The van der Waals surface area contributed by atoms with E-state index in [1.165, 1.54) is 7.11 Å². The third-order valence-electron chi connectivity index (χ3n) is 1.92. The second-order valence-electron chi connectivity index (χ2n) is 2.85. The Labute approximate surface area is 96.5 Å². The molecule has 1 aromatic carbocycles. The Morgan fingerprint density at radius 2 is 2.13 bits per heavy atom. The van der Waals surface area contributed by atoms with Gasteiger partial charge in [-0.2, -0.15) is 0 Å². The SMILES string of the molecule is COc1c(Cl)cc(Cl)cc1-c1ccno1. The summed E-state index contributed by atoms with van der Waals surface area (Å²) in [5, 5.41) is 4.58. The molecule has 0 aliphatic carbocycles. The lowest BCUT2D eigenvalue weighted by Crippen LogP contribution is -1.88. The van der Waals surface area contributed by atoms with Crippen molar-refractivity contribution in [2.45, 2.75) is 0 Å². The summed E-state index contributed by atoms with van der Waals surface area (Å²) in [5.74, 6) is 1.09. The van der Waals surface area contributed by atoms with Crippen molar-refractivity contribution in [1.82, 2.24) is 5.16 Å². The van der Waals surface area contributed by atoms with Gasteiger partial charge < -0.3 is 9.26 Å². The van der Waals surface area contributed by atoms with Crippen molar-refractivity contribution in [1.29, 1.82) is 0 Å². The van der Waals surface area contributed by atoms with Crippen LogP contribution >= 0.6 is 23.2 Å². The average Bonchev–Trinajstić information content (AvgIpc) is 2.69. The monoisotopic (exact) mass is 243 g/mol. The van der Waals surface area contributed by atoms with E-state index in [2.05, 4.69) is 5.16 Å². The third-order valence-corrected chi connectivity index (χ3v) is 2.41. The molecule has 1 aromatic heterocycles. The van der Waals surface area contributed by atoms with Gasteiger partial charge in [0.2, 0.25) is 0 Å². The molecule has 1 heterocycles. The van der Waals surface area contributed by atoms with Gasteiger partial charge in [-0.3, -0.25) is 0 Å². The fourth-order valence-electron chi connectivity index (χ4n) is 1.31. The van der Waals surface area contributed by atoms with Crippen molar-refractivity contribution >= 4 is 23.2 Å². The number of hydrogen-bond acceptors (Lipinski definition) is 3. The standard InChI is InChI=1S/C10H7Cl2NO2/c1-14-10-7(9-2-3-13-15-9)4-6(11)5-8(10)12/h2-5H,1H3. The molecule has 0 aliphatic rings. The van der Waals surface area contributed by atoms with Gasteiger partial charge in [0.1, 0.15) is 5.75 Å². The van der Waals surface area contributed by atoms with Gasteiger partial charge in [-0.1, -0.05) is 28.4 Å². The van der Waals surface area contributed by atoms with E-state index in [4.69, 9.17) is 32.5 Å². The van der Waals surface area contributed by atoms with Crippen LogP contribution in [0.1, 0.15) is 0 Å². The van der Waals surface area contributed by atoms with E-state index in [-0.39, 0.29) is 0 Å². The highest BCUT2D eigenvalue weighted by atomic mass is 35.5. The topological polar surface area (TPSA) is 35.3 Å². The average molecular weight is 244 g/mol. The summed E-state index contributed by atoms with van der Waals surface area (Å²) in [4.78, 5) is 0. The summed E-state index contributed by atoms with van der Waals surface area (Å²) >= 11 is 11.9. The number of rotatable bonds is 2. The molecule has 0 unspecified atom stereocenters. The predicted octanol–water partition coefficient (Wildman–Crippen LogP) is 3.66. The summed E-state index contributed by atoms with van der Waals surface area (Å²) in [6.07, 6.45) is 1.55. The fourth-order valence-corrected chi connectivity index (χ4v) is 1.88. The first-order valence-electron chi connectivity index (χ1n) is 4.16. The summed E-state index contributed by atoms with van der Waals surface area (Å²) < 4.78 is 10.2. The van der Waals surface area contributed by atoms with Gasteiger partial charge >= 0.3 is 0 Å².